The molecule has 6 aliphatic rings. The molecule has 6 aliphatic carbocycles. The van der Waals surface area contributed by atoms with Gasteiger partial charge in [0, 0.05) is 48.1 Å². The van der Waals surface area contributed by atoms with Gasteiger partial charge in [-0.25, -0.2) is 0 Å². The summed E-state index contributed by atoms with van der Waals surface area (Å²) in [6.45, 7) is 12.8. The topological polar surface area (TPSA) is 36.9 Å². The number of hydrogen-bond donors (Lipinski definition) is 0. The molecule has 4 nitrogen and oxygen atoms in total. The second-order valence-corrected chi connectivity index (χ2v) is 25.9. The van der Waals surface area contributed by atoms with Crippen molar-refractivity contribution in [1.82, 2.24) is 0 Å². The Kier molecular flexibility index (Phi) is 26.0. The van der Waals surface area contributed by atoms with E-state index in [1.54, 1.807) is 0 Å². The van der Waals surface area contributed by atoms with Crippen LogP contribution in [0.5, 0.6) is 0 Å². The maximum absolute atomic E-state index is 7.23. The SMILES string of the molecule is CCCCCCCCOC1CCC2(CC1)C[C@]1(CC[C@@H](OCCCCCCCC)CC1)C2(Cl)Cl.CCCCCCCOC1CC[C@]2(CC1)C[C@@]1(CCC(OCCCCCCC)CC1)C2(Cl)Cl. The quantitative estimate of drug-likeness (QED) is 0.0531. The molecule has 0 amide bonds. The Labute approximate surface area is 428 Å². The highest BCUT2D eigenvalue weighted by molar-refractivity contribution is 6.50. The number of unbranched alkanes of at least 4 members (excludes halogenated alkanes) is 18. The molecule has 388 valence electrons. The van der Waals surface area contributed by atoms with Crippen molar-refractivity contribution in [2.75, 3.05) is 26.4 Å². The summed E-state index contributed by atoms with van der Waals surface area (Å²) in [6.07, 6.45) is 51.3. The molecule has 0 aliphatic heterocycles. The van der Waals surface area contributed by atoms with Crippen molar-refractivity contribution in [1.29, 1.82) is 0 Å². The summed E-state index contributed by atoms with van der Waals surface area (Å²) in [5.41, 5.74) is 0.513. The van der Waals surface area contributed by atoms with Crippen LogP contribution in [0.25, 0.3) is 0 Å². The Bertz CT molecular complexity index is 1170. The maximum Gasteiger partial charge on any atom is 0.129 e. The minimum atomic E-state index is -0.561. The van der Waals surface area contributed by atoms with Crippen molar-refractivity contribution >= 4 is 46.4 Å². The molecule has 6 rings (SSSR count). The van der Waals surface area contributed by atoms with Gasteiger partial charge in [-0.15, -0.1) is 46.4 Å². The van der Waals surface area contributed by atoms with E-state index >= 15 is 0 Å². The molecule has 0 bridgehead atoms. The van der Waals surface area contributed by atoms with E-state index in [0.717, 1.165) is 129 Å². The van der Waals surface area contributed by atoms with Gasteiger partial charge in [-0.3, -0.25) is 0 Å². The molecular formula is C58H104Cl4O4. The van der Waals surface area contributed by atoms with Gasteiger partial charge in [0.05, 0.1) is 24.4 Å². The second-order valence-electron chi connectivity index (χ2n) is 23.3. The van der Waals surface area contributed by atoms with E-state index < -0.39 is 8.67 Å². The first kappa shape index (κ1) is 57.9. The third kappa shape index (κ3) is 15.5. The molecule has 0 aromatic carbocycles. The Morgan fingerprint density at radius 1 is 0.288 bits per heavy atom. The molecule has 4 spiro atoms. The van der Waals surface area contributed by atoms with E-state index in [9.17, 15) is 0 Å². The van der Waals surface area contributed by atoms with Gasteiger partial charge in [0.2, 0.25) is 0 Å². The first-order valence-electron chi connectivity index (χ1n) is 29.2. The Morgan fingerprint density at radius 2 is 0.470 bits per heavy atom. The molecule has 66 heavy (non-hydrogen) atoms. The molecule has 6 fully saturated rings. The molecule has 0 unspecified atom stereocenters. The van der Waals surface area contributed by atoms with E-state index in [4.69, 9.17) is 65.4 Å². The average molecular weight is 1010 g/mol. The van der Waals surface area contributed by atoms with Crippen molar-refractivity contribution in [2.24, 2.45) is 21.7 Å². The van der Waals surface area contributed by atoms with Crippen LogP contribution in [0.4, 0.5) is 0 Å². The van der Waals surface area contributed by atoms with Crippen molar-refractivity contribution in [2.45, 2.75) is 318 Å². The molecule has 0 atom stereocenters. The zero-order valence-corrected chi connectivity index (χ0v) is 46.6. The fraction of sp³-hybridized carbons (Fsp3) is 1.00. The summed E-state index contributed by atoms with van der Waals surface area (Å²) in [6, 6.07) is 0. The van der Waals surface area contributed by atoms with Gasteiger partial charge in [-0.2, -0.15) is 0 Å². The normalized spacial score (nSPS) is 33.5. The Morgan fingerprint density at radius 3 is 0.652 bits per heavy atom. The van der Waals surface area contributed by atoms with Crippen molar-refractivity contribution < 1.29 is 18.9 Å². The molecule has 0 heterocycles. The number of rotatable bonds is 30. The number of halogens is 4. The van der Waals surface area contributed by atoms with Crippen LogP contribution < -0.4 is 0 Å². The monoisotopic (exact) mass is 1000 g/mol. The van der Waals surface area contributed by atoms with Gasteiger partial charge in [0.15, 0.2) is 0 Å². The van der Waals surface area contributed by atoms with Crippen molar-refractivity contribution in [3.63, 3.8) is 0 Å². The molecule has 6 saturated carbocycles. The molecule has 0 radical (unpaired) electrons. The summed E-state index contributed by atoms with van der Waals surface area (Å²) in [5.74, 6) is 0. The number of alkyl halides is 4. The van der Waals surface area contributed by atoms with Crippen LogP contribution in [-0.2, 0) is 18.9 Å². The van der Waals surface area contributed by atoms with Crippen LogP contribution in [0.2, 0.25) is 0 Å². The lowest BCUT2D eigenvalue weighted by Gasteiger charge is -2.69. The third-order valence-electron chi connectivity index (χ3n) is 18.5. The van der Waals surface area contributed by atoms with Gasteiger partial charge < -0.3 is 18.9 Å². The first-order valence-corrected chi connectivity index (χ1v) is 30.7. The predicted octanol–water partition coefficient (Wildman–Crippen LogP) is 19.6. The lowest BCUT2D eigenvalue weighted by atomic mass is 9.44. The van der Waals surface area contributed by atoms with Crippen LogP contribution in [0.1, 0.15) is 285 Å². The second kappa shape index (κ2) is 29.6. The van der Waals surface area contributed by atoms with Gasteiger partial charge in [-0.1, -0.05) is 143 Å². The Balaban J connectivity index is 0.000000248. The summed E-state index contributed by atoms with van der Waals surface area (Å²) < 4.78 is 23.8. The predicted molar refractivity (Wildman–Crippen MR) is 285 cm³/mol. The fourth-order valence-electron chi connectivity index (χ4n) is 14.0. The summed E-state index contributed by atoms with van der Waals surface area (Å²) >= 11 is 28.9. The number of hydrogen-bond acceptors (Lipinski definition) is 4. The van der Waals surface area contributed by atoms with Gasteiger partial charge in [0.25, 0.3) is 0 Å². The molecule has 8 heteroatoms. The van der Waals surface area contributed by atoms with Gasteiger partial charge in [0.1, 0.15) is 8.67 Å². The van der Waals surface area contributed by atoms with Crippen molar-refractivity contribution in [3.8, 4) is 0 Å². The maximum atomic E-state index is 7.23. The van der Waals surface area contributed by atoms with Crippen LogP contribution >= 0.6 is 46.4 Å². The van der Waals surface area contributed by atoms with Gasteiger partial charge >= 0.3 is 0 Å². The molecule has 0 aromatic heterocycles. The highest BCUT2D eigenvalue weighted by Crippen LogP contribution is 2.77. The van der Waals surface area contributed by atoms with E-state index in [-0.39, 0.29) is 21.7 Å². The minimum Gasteiger partial charge on any atom is -0.378 e. The summed E-state index contributed by atoms with van der Waals surface area (Å²) in [5, 5.41) is 0. The van der Waals surface area contributed by atoms with E-state index in [1.807, 2.05) is 0 Å². The van der Waals surface area contributed by atoms with Crippen molar-refractivity contribution in [3.05, 3.63) is 0 Å². The fourth-order valence-corrected chi connectivity index (χ4v) is 16.1. The van der Waals surface area contributed by atoms with Gasteiger partial charge in [-0.05, 0) is 141 Å². The van der Waals surface area contributed by atoms with E-state index in [1.165, 1.54) is 154 Å². The highest BCUT2D eigenvalue weighted by atomic mass is 35.5. The molecular weight excluding hydrogens is 902 g/mol. The van der Waals surface area contributed by atoms with Crippen LogP contribution in [-0.4, -0.2) is 59.5 Å². The minimum absolute atomic E-state index is 0.127. The first-order chi connectivity index (χ1) is 32.0. The highest BCUT2D eigenvalue weighted by Gasteiger charge is 2.73. The smallest absolute Gasteiger partial charge is 0.129 e. The standard InChI is InChI=1S/C30H54Cl2O2.C28H50Cl2O2/c1-3-5-7-9-11-13-23-33-26-15-19-28(20-16-26)25-29(30(28,31)32)21-17-27(18-22-29)34-24-14-12-10-8-6-4-2;1-3-5-7-9-11-21-31-24-13-17-26(18-14-24)23-27(28(26,29)30)19-15-25(16-20-27)32-22-12-10-8-6-4-2/h26-27H,3-25H2,1-2H3;24-25H,3-23H2,1-2H3/t26-,27?,28-,29?;24?,25?,26-,27-. The molecule has 0 N–H and O–H groups in total. The largest absolute Gasteiger partial charge is 0.378 e. The Hall–Kier alpha value is 1.00. The third-order valence-corrected chi connectivity index (χ3v) is 21.7. The zero-order valence-electron chi connectivity index (χ0n) is 43.6. The number of ether oxygens (including phenoxy) is 4. The summed E-state index contributed by atoms with van der Waals surface area (Å²) in [7, 11) is 0. The average Bonchev–Trinajstić information content (AvgIpc) is 3.33. The lowest BCUT2D eigenvalue weighted by molar-refractivity contribution is -0.139. The molecule has 0 aromatic rings. The van der Waals surface area contributed by atoms with Crippen LogP contribution in [0.15, 0.2) is 0 Å². The summed E-state index contributed by atoms with van der Waals surface area (Å²) in [4.78, 5) is 0. The van der Waals surface area contributed by atoms with E-state index in [2.05, 4.69) is 27.7 Å². The molecule has 0 saturated heterocycles. The van der Waals surface area contributed by atoms with Crippen LogP contribution in [0.3, 0.4) is 0 Å². The van der Waals surface area contributed by atoms with Crippen LogP contribution in [0, 0.1) is 21.7 Å². The lowest BCUT2D eigenvalue weighted by Crippen LogP contribution is -2.67. The van der Waals surface area contributed by atoms with E-state index in [0.29, 0.717) is 24.4 Å². The zero-order chi connectivity index (χ0) is 47.3.